The van der Waals surface area contributed by atoms with E-state index in [1.807, 2.05) is 0 Å². The number of hydrogen-bond acceptors (Lipinski definition) is 4. The smallest absolute Gasteiger partial charge is 0.399 e. The molecule has 0 aliphatic heterocycles. The fourth-order valence-electron chi connectivity index (χ4n) is 0.737. The van der Waals surface area contributed by atoms with Gasteiger partial charge in [-0.1, -0.05) is 0 Å². The van der Waals surface area contributed by atoms with Crippen molar-refractivity contribution >= 4 is 30.6 Å². The average Bonchev–Trinajstić information content (AvgIpc) is 2.30. The van der Waals surface area contributed by atoms with Crippen molar-refractivity contribution in [3.63, 3.8) is 0 Å². The maximum absolute atomic E-state index is 10.4. The largest absolute Gasteiger partial charge is 0.474 e. The van der Waals surface area contributed by atoms with Crippen molar-refractivity contribution < 1.29 is 14.8 Å². The minimum absolute atomic E-state index is 0. The Bertz CT molecular complexity index is 348. The molecule has 65 valence electrons. The molecule has 1 radical (unpaired) electrons. The summed E-state index contributed by atoms with van der Waals surface area (Å²) in [6.45, 7) is 0. The summed E-state index contributed by atoms with van der Waals surface area (Å²) in [6, 6.07) is 0. The van der Waals surface area contributed by atoms with Crippen molar-refractivity contribution in [3.05, 3.63) is 22.1 Å². The predicted molar refractivity (Wildman–Crippen MR) is 42.6 cm³/mol. The molecule has 0 spiro atoms. The Morgan fingerprint density at radius 3 is 2.54 bits per heavy atom. The third kappa shape index (κ3) is 2.30. The molecule has 0 saturated carbocycles. The molecule has 0 fully saturated rings. The Hall–Kier alpha value is -1.32. The number of rotatable bonds is 2. The van der Waals surface area contributed by atoms with Gasteiger partial charge in [-0.3, -0.25) is 0 Å². The van der Waals surface area contributed by atoms with Gasteiger partial charge in [0.25, 0.3) is 0 Å². The number of carbonyl (C=O) groups is 1. The van der Waals surface area contributed by atoms with Crippen LogP contribution in [0.5, 0.6) is 0 Å². The van der Waals surface area contributed by atoms with Gasteiger partial charge in [0.15, 0.2) is 0 Å². The minimum Gasteiger partial charge on any atom is -0.474 e. The first-order chi connectivity index (χ1) is 5.52. The van der Waals surface area contributed by atoms with Crippen molar-refractivity contribution in [2.75, 3.05) is 0 Å². The second-order valence-corrected chi connectivity index (χ2v) is 2.10. The van der Waals surface area contributed by atoms with Crippen LogP contribution in [-0.4, -0.2) is 44.4 Å². The molecule has 0 aliphatic carbocycles. The number of nitrogens with zero attached hydrogens (tertiary/aromatic N) is 3. The van der Waals surface area contributed by atoms with E-state index in [-0.39, 0.29) is 24.7 Å². The van der Waals surface area contributed by atoms with Crippen LogP contribution in [0.2, 0.25) is 0 Å². The molecule has 1 aromatic rings. The Morgan fingerprint density at radius 2 is 2.31 bits per heavy atom. The number of carboxylic acids is 1. The Labute approximate surface area is 84.7 Å². The number of imidazole rings is 1. The van der Waals surface area contributed by atoms with E-state index in [1.54, 1.807) is 0 Å². The standard InChI is InChI=1S/C5H5N3O4.Li/c1-7-2-3(8(11)12)6-4(7)5(9)10;/h2H,1H3,(H,9,10);. The van der Waals surface area contributed by atoms with E-state index in [1.165, 1.54) is 7.05 Å². The van der Waals surface area contributed by atoms with E-state index in [9.17, 15) is 14.9 Å². The van der Waals surface area contributed by atoms with Crippen LogP contribution in [0.4, 0.5) is 5.82 Å². The van der Waals surface area contributed by atoms with Crippen molar-refractivity contribution in [3.8, 4) is 0 Å². The maximum Gasteiger partial charge on any atom is 0.399 e. The summed E-state index contributed by atoms with van der Waals surface area (Å²) in [5, 5.41) is 18.6. The number of aryl methyl sites for hydroxylation is 1. The summed E-state index contributed by atoms with van der Waals surface area (Å²) < 4.78 is 1.08. The molecule has 0 amide bonds. The van der Waals surface area contributed by atoms with E-state index >= 15 is 0 Å². The Morgan fingerprint density at radius 1 is 1.77 bits per heavy atom. The van der Waals surface area contributed by atoms with Crippen molar-refractivity contribution in [2.45, 2.75) is 0 Å². The summed E-state index contributed by atoms with van der Waals surface area (Å²) in [5.41, 5.74) is 0. The second kappa shape index (κ2) is 4.07. The van der Waals surface area contributed by atoms with Crippen LogP contribution in [0.1, 0.15) is 10.6 Å². The van der Waals surface area contributed by atoms with Crippen molar-refractivity contribution in [1.82, 2.24) is 9.55 Å². The van der Waals surface area contributed by atoms with Gasteiger partial charge in [0.1, 0.15) is 6.20 Å². The summed E-state index contributed by atoms with van der Waals surface area (Å²) in [6.07, 6.45) is 1.05. The normalized spacial score (nSPS) is 9.00. The van der Waals surface area contributed by atoms with E-state index in [0.29, 0.717) is 0 Å². The van der Waals surface area contributed by atoms with Crippen LogP contribution >= 0.6 is 0 Å². The third-order valence-corrected chi connectivity index (χ3v) is 1.24. The fraction of sp³-hybridized carbons (Fsp3) is 0.200. The number of aromatic carboxylic acids is 1. The molecule has 7 nitrogen and oxygen atoms in total. The Balaban J connectivity index is 0.00000144. The first-order valence-corrected chi connectivity index (χ1v) is 2.93. The number of carboxylic acid groups (broad SMARTS) is 1. The van der Waals surface area contributed by atoms with Gasteiger partial charge in [0, 0.05) is 25.9 Å². The van der Waals surface area contributed by atoms with E-state index in [4.69, 9.17) is 5.11 Å². The molecule has 1 heterocycles. The van der Waals surface area contributed by atoms with E-state index < -0.39 is 16.7 Å². The number of hydrogen-bond donors (Lipinski definition) is 1. The quantitative estimate of drug-likeness (QED) is 0.379. The predicted octanol–water partition coefficient (Wildman–Crippen LogP) is -0.354. The maximum atomic E-state index is 10.4. The van der Waals surface area contributed by atoms with Crippen LogP contribution in [0.25, 0.3) is 0 Å². The minimum atomic E-state index is -1.29. The van der Waals surface area contributed by atoms with Crippen LogP contribution < -0.4 is 0 Å². The van der Waals surface area contributed by atoms with Crippen LogP contribution in [0.3, 0.4) is 0 Å². The molecule has 1 rings (SSSR count). The number of aromatic nitrogens is 2. The van der Waals surface area contributed by atoms with Crippen molar-refractivity contribution in [1.29, 1.82) is 0 Å². The van der Waals surface area contributed by atoms with Gasteiger partial charge in [-0.05, 0) is 9.91 Å². The first kappa shape index (κ1) is 11.7. The average molecular weight is 178 g/mol. The van der Waals surface area contributed by atoms with Gasteiger partial charge in [-0.25, -0.2) is 4.79 Å². The molecule has 0 aliphatic rings. The topological polar surface area (TPSA) is 98.3 Å². The third-order valence-electron chi connectivity index (χ3n) is 1.24. The van der Waals surface area contributed by atoms with E-state index in [2.05, 4.69) is 4.98 Å². The number of nitro groups is 1. The molecule has 8 heteroatoms. The molecule has 0 unspecified atom stereocenters. The zero-order valence-electron chi connectivity index (χ0n) is 7.09. The van der Waals surface area contributed by atoms with Crippen LogP contribution in [-0.2, 0) is 7.05 Å². The van der Waals surface area contributed by atoms with Gasteiger partial charge in [0.05, 0.1) is 0 Å². The molecular formula is C5H5LiN3O4. The van der Waals surface area contributed by atoms with Crippen molar-refractivity contribution in [2.24, 2.45) is 7.05 Å². The zero-order chi connectivity index (χ0) is 9.30. The molecule has 0 atom stereocenters. The molecule has 13 heavy (non-hydrogen) atoms. The fourth-order valence-corrected chi connectivity index (χ4v) is 0.737. The van der Waals surface area contributed by atoms with Crippen LogP contribution in [0, 0.1) is 10.1 Å². The van der Waals surface area contributed by atoms with Gasteiger partial charge in [0.2, 0.25) is 0 Å². The van der Waals surface area contributed by atoms with Crippen LogP contribution in [0.15, 0.2) is 6.20 Å². The Kier molecular flexibility index (Phi) is 3.65. The summed E-state index contributed by atoms with van der Waals surface area (Å²) in [4.78, 5) is 23.0. The zero-order valence-corrected chi connectivity index (χ0v) is 7.09. The molecule has 0 saturated heterocycles. The van der Waals surface area contributed by atoms with Gasteiger partial charge in [-0.2, -0.15) is 0 Å². The molecule has 0 bridgehead atoms. The second-order valence-electron chi connectivity index (χ2n) is 2.10. The first-order valence-electron chi connectivity index (χ1n) is 2.93. The molecule has 1 N–H and O–H groups in total. The monoisotopic (exact) mass is 178 g/mol. The van der Waals surface area contributed by atoms with Gasteiger partial charge in [-0.15, -0.1) is 0 Å². The molecule has 0 aromatic carbocycles. The summed E-state index contributed by atoms with van der Waals surface area (Å²) >= 11 is 0. The SMILES string of the molecule is Cn1cc([N+](=O)[O-])nc1C(=O)O.[Li]. The van der Waals surface area contributed by atoms with Gasteiger partial charge < -0.3 is 19.8 Å². The van der Waals surface area contributed by atoms with Gasteiger partial charge >= 0.3 is 17.6 Å². The van der Waals surface area contributed by atoms with E-state index in [0.717, 1.165) is 10.8 Å². The molecular weight excluding hydrogens is 173 g/mol. The summed E-state index contributed by atoms with van der Waals surface area (Å²) in [5.74, 6) is -2.10. The summed E-state index contributed by atoms with van der Waals surface area (Å²) in [7, 11) is 1.38. The molecule has 1 aromatic heterocycles.